The van der Waals surface area contributed by atoms with Gasteiger partial charge in [0.2, 0.25) is 17.4 Å². The number of rotatable bonds is 17. The van der Waals surface area contributed by atoms with Crippen LogP contribution in [0, 0.1) is 0 Å². The summed E-state index contributed by atoms with van der Waals surface area (Å²) in [7, 11) is 1.76. The van der Waals surface area contributed by atoms with Crippen molar-refractivity contribution in [1.29, 1.82) is 0 Å². The van der Waals surface area contributed by atoms with E-state index in [0.29, 0.717) is 60.9 Å². The van der Waals surface area contributed by atoms with Crippen LogP contribution in [0.3, 0.4) is 0 Å². The van der Waals surface area contributed by atoms with Crippen LogP contribution in [0.2, 0.25) is 0 Å². The number of carbonyl (C=O) groups excluding carboxylic acids is 3. The lowest BCUT2D eigenvalue weighted by Crippen LogP contribution is -2.40. The molecule has 1 aromatic heterocycles. The van der Waals surface area contributed by atoms with Crippen LogP contribution in [-0.2, 0) is 33.7 Å². The van der Waals surface area contributed by atoms with Gasteiger partial charge in [0.1, 0.15) is 11.9 Å². The predicted octanol–water partition coefficient (Wildman–Crippen LogP) is 7.08. The van der Waals surface area contributed by atoms with Crippen molar-refractivity contribution in [3.05, 3.63) is 160 Å². The number of fused-ring (bicyclic) bond motifs is 1. The van der Waals surface area contributed by atoms with Gasteiger partial charge in [0.25, 0.3) is 0 Å². The first-order valence-corrected chi connectivity index (χ1v) is 21.8. The number of aromatic hydroxyl groups is 1. The summed E-state index contributed by atoms with van der Waals surface area (Å²) in [4.78, 5) is 57.2. The monoisotopic (exact) mass is 864 g/mol. The highest BCUT2D eigenvalue weighted by molar-refractivity contribution is 5.93. The zero-order chi connectivity index (χ0) is 45.0. The summed E-state index contributed by atoms with van der Waals surface area (Å²) < 4.78 is 5.78. The highest BCUT2D eigenvalue weighted by atomic mass is 16.6. The Morgan fingerprint density at radius 3 is 2.38 bits per heavy atom. The van der Waals surface area contributed by atoms with Gasteiger partial charge in [0.15, 0.2) is 0 Å². The second-order valence-electron chi connectivity index (χ2n) is 16.4. The third-order valence-electron chi connectivity index (χ3n) is 11.7. The molecule has 0 aliphatic carbocycles. The molecular weight excluding hydrogens is 809 g/mol. The van der Waals surface area contributed by atoms with Gasteiger partial charge in [-0.3, -0.25) is 19.7 Å². The number of phenols is 1. The van der Waals surface area contributed by atoms with E-state index in [1.54, 1.807) is 24.1 Å². The number of aliphatic hydroxyl groups is 1. The summed E-state index contributed by atoms with van der Waals surface area (Å²) in [5, 5.41) is 31.0. The fourth-order valence-electron chi connectivity index (χ4n) is 8.12. The molecule has 2 heterocycles. The summed E-state index contributed by atoms with van der Waals surface area (Å²) >= 11 is 0. The van der Waals surface area contributed by atoms with Crippen molar-refractivity contribution in [1.82, 2.24) is 20.5 Å². The second kappa shape index (κ2) is 21.5. The molecule has 7 rings (SSSR count). The van der Waals surface area contributed by atoms with Gasteiger partial charge >= 0.3 is 6.09 Å². The summed E-state index contributed by atoms with van der Waals surface area (Å²) in [6.45, 7) is 4.76. The lowest BCUT2D eigenvalue weighted by molar-refractivity contribution is -0.120. The Balaban J connectivity index is 0.790. The third-order valence-corrected chi connectivity index (χ3v) is 11.7. The van der Waals surface area contributed by atoms with Crippen molar-refractivity contribution in [2.75, 3.05) is 43.4 Å². The number of ether oxygens (including phenoxy) is 1. The zero-order valence-electron chi connectivity index (χ0n) is 36.3. The van der Waals surface area contributed by atoms with E-state index in [9.17, 15) is 29.4 Å². The molecule has 3 amide bonds. The van der Waals surface area contributed by atoms with Gasteiger partial charge in [-0.05, 0) is 84.3 Å². The number of H-pyrrole nitrogens is 1. The van der Waals surface area contributed by atoms with Crippen LogP contribution >= 0.6 is 0 Å². The Morgan fingerprint density at radius 2 is 1.59 bits per heavy atom. The minimum absolute atomic E-state index is 0.00676. The van der Waals surface area contributed by atoms with E-state index in [4.69, 9.17) is 4.74 Å². The minimum Gasteiger partial charge on any atom is -0.506 e. The molecule has 1 aliphatic heterocycles. The van der Waals surface area contributed by atoms with Crippen LogP contribution in [0.4, 0.5) is 16.2 Å². The minimum atomic E-state index is -0.857. The Morgan fingerprint density at radius 1 is 0.859 bits per heavy atom. The van der Waals surface area contributed by atoms with Crippen LogP contribution < -0.4 is 26.4 Å². The number of piperidine rings is 1. The second-order valence-corrected chi connectivity index (χ2v) is 16.4. The Kier molecular flexibility index (Phi) is 15.2. The van der Waals surface area contributed by atoms with Gasteiger partial charge in [-0.2, -0.15) is 0 Å². The number of likely N-dealkylation sites (tertiary alicyclic amines) is 1. The molecule has 0 radical (unpaired) electrons. The van der Waals surface area contributed by atoms with Gasteiger partial charge < -0.3 is 40.4 Å². The van der Waals surface area contributed by atoms with Gasteiger partial charge in [-0.15, -0.1) is 0 Å². The number of amides is 3. The number of aliphatic hydroxyl groups excluding tert-OH is 1. The molecule has 0 spiro atoms. The first kappa shape index (κ1) is 45.2. The number of aromatic nitrogens is 1. The van der Waals surface area contributed by atoms with Gasteiger partial charge in [-0.25, -0.2) is 4.79 Å². The largest absolute Gasteiger partial charge is 0.506 e. The quantitative estimate of drug-likeness (QED) is 0.0560. The predicted molar refractivity (Wildman–Crippen MR) is 250 cm³/mol. The summed E-state index contributed by atoms with van der Waals surface area (Å²) in [5.41, 5.74) is 6.86. The molecule has 64 heavy (non-hydrogen) atoms. The molecule has 0 bridgehead atoms. The van der Waals surface area contributed by atoms with E-state index in [2.05, 4.69) is 31.9 Å². The SMILES string of the molecule is CC(Cc1cccc(CNC(=O)Cc2ccc(N(C)C(=O)CCN3CCC(OC(=O)Nc4ccccc4-c4ccccc4)CC3)cc2)c1)NC[C@H](O)c1ccc(O)c2[nH]c(=O)ccc12. The van der Waals surface area contributed by atoms with E-state index in [0.717, 1.165) is 46.6 Å². The number of nitrogens with zero attached hydrogens (tertiary/aromatic N) is 2. The van der Waals surface area contributed by atoms with E-state index in [1.807, 2.05) is 104 Å². The van der Waals surface area contributed by atoms with Crippen molar-refractivity contribution in [2.45, 2.75) is 63.8 Å². The normalized spacial score (nSPS) is 14.1. The van der Waals surface area contributed by atoms with Crippen molar-refractivity contribution in [3.63, 3.8) is 0 Å². The summed E-state index contributed by atoms with van der Waals surface area (Å²) in [6, 6.07) is 39.2. The smallest absolute Gasteiger partial charge is 0.411 e. The summed E-state index contributed by atoms with van der Waals surface area (Å²) in [6.07, 6.45) is 1.12. The third kappa shape index (κ3) is 12.2. The molecule has 1 saturated heterocycles. The van der Waals surface area contributed by atoms with Crippen LogP contribution in [0.1, 0.15) is 54.5 Å². The Labute approximate surface area is 373 Å². The van der Waals surface area contributed by atoms with Crippen LogP contribution in [0.25, 0.3) is 22.0 Å². The van der Waals surface area contributed by atoms with E-state index in [1.165, 1.54) is 12.1 Å². The zero-order valence-corrected chi connectivity index (χ0v) is 36.3. The van der Waals surface area contributed by atoms with Crippen molar-refractivity contribution in [2.24, 2.45) is 0 Å². The molecule has 1 unspecified atom stereocenters. The molecule has 2 atom stereocenters. The van der Waals surface area contributed by atoms with Crippen molar-refractivity contribution >= 4 is 40.2 Å². The highest BCUT2D eigenvalue weighted by Gasteiger charge is 2.24. The number of carbonyl (C=O) groups is 3. The molecule has 332 valence electrons. The molecular formula is C51H56N6O7. The first-order chi connectivity index (χ1) is 31.0. The number of benzene rings is 5. The van der Waals surface area contributed by atoms with Crippen LogP contribution in [0.15, 0.2) is 132 Å². The van der Waals surface area contributed by atoms with Crippen LogP contribution in [0.5, 0.6) is 5.75 Å². The van der Waals surface area contributed by atoms with E-state index in [-0.39, 0.29) is 48.2 Å². The van der Waals surface area contributed by atoms with Gasteiger partial charge in [-0.1, -0.05) is 91.0 Å². The maximum Gasteiger partial charge on any atom is 0.411 e. The fraction of sp³-hybridized carbons (Fsp3) is 0.294. The van der Waals surface area contributed by atoms with Gasteiger partial charge in [0.05, 0.1) is 23.7 Å². The molecule has 1 fully saturated rings. The number of phenolic OH excluding ortho intramolecular Hbond substituents is 1. The molecule has 13 heteroatoms. The molecule has 0 saturated carbocycles. The molecule has 5 aromatic carbocycles. The van der Waals surface area contributed by atoms with Crippen molar-refractivity contribution in [3.8, 4) is 16.9 Å². The average molecular weight is 865 g/mol. The standard InChI is InChI=1S/C51H56N6O7/c1-34(52-33-46(59)42-19-21-45(58)50-43(42)20-22-47(60)55-50)29-36-9-8-10-37(30-36)32-53-48(61)31-35-15-17-39(18-16-35)56(2)49(62)25-28-57-26-23-40(24-27-57)64-51(63)54-44-14-7-6-13-41(44)38-11-4-3-5-12-38/h3-22,30,34,40,46,52,58-59H,23-29,31-33H2,1-2H3,(H,53,61)(H,54,63)(H,55,60)/t34?,46-/m0/s1. The molecule has 13 nitrogen and oxygen atoms in total. The molecule has 6 aromatic rings. The topological polar surface area (TPSA) is 176 Å². The maximum atomic E-state index is 13.2. The molecule has 6 N–H and O–H groups in total. The maximum absolute atomic E-state index is 13.2. The lowest BCUT2D eigenvalue weighted by atomic mass is 10.0. The van der Waals surface area contributed by atoms with E-state index < -0.39 is 12.2 Å². The van der Waals surface area contributed by atoms with Crippen LogP contribution in [-0.4, -0.2) is 83.4 Å². The molecule has 1 aliphatic rings. The Bertz CT molecular complexity index is 2590. The number of pyridine rings is 1. The number of aromatic amines is 1. The fourth-order valence-corrected chi connectivity index (χ4v) is 8.12. The average Bonchev–Trinajstić information content (AvgIpc) is 3.30. The highest BCUT2D eigenvalue weighted by Crippen LogP contribution is 2.30. The lowest BCUT2D eigenvalue weighted by Gasteiger charge is -2.31. The van der Waals surface area contributed by atoms with E-state index >= 15 is 0 Å². The number of hydrogen-bond donors (Lipinski definition) is 6. The summed E-state index contributed by atoms with van der Waals surface area (Å²) in [5.74, 6) is -0.169. The number of nitrogens with one attached hydrogen (secondary N) is 4. The first-order valence-electron chi connectivity index (χ1n) is 21.8. The number of anilines is 2. The van der Waals surface area contributed by atoms with Crippen molar-refractivity contribution < 1.29 is 29.3 Å². The van der Waals surface area contributed by atoms with Gasteiger partial charge in [0, 0.05) is 74.9 Å². The Hall–Kier alpha value is -6.80. The number of hydrogen-bond acceptors (Lipinski definition) is 9. The number of para-hydroxylation sites is 1.